The van der Waals surface area contributed by atoms with Crippen LogP contribution in [0.5, 0.6) is 0 Å². The third-order valence-electron chi connectivity index (χ3n) is 10.0. The molecule has 0 aliphatic heterocycles. The van der Waals surface area contributed by atoms with Gasteiger partial charge in [-0.15, -0.1) is 0 Å². The van der Waals surface area contributed by atoms with E-state index in [1.165, 1.54) is 27.2 Å². The van der Waals surface area contributed by atoms with Crippen LogP contribution in [0.4, 0.5) is 17.1 Å². The van der Waals surface area contributed by atoms with Crippen LogP contribution < -0.4 is 4.90 Å². The zero-order chi connectivity index (χ0) is 35.1. The molecule has 0 fully saturated rings. The largest absolute Gasteiger partial charge is 0.315 e. The number of para-hydroxylation sites is 2. The second-order valence-corrected chi connectivity index (χ2v) is 13.2. The van der Waals surface area contributed by atoms with Crippen LogP contribution in [0.3, 0.4) is 0 Å². The summed E-state index contributed by atoms with van der Waals surface area (Å²) >= 11 is 0. The Morgan fingerprint density at radius 3 is 1.57 bits per heavy atom. The van der Waals surface area contributed by atoms with Crippen molar-refractivity contribution in [2.75, 3.05) is 4.90 Å². The number of aromatic nitrogens is 4. The van der Waals surface area contributed by atoms with E-state index in [0.717, 1.165) is 56.5 Å². The lowest BCUT2D eigenvalue weighted by atomic mass is 10.1. The Morgan fingerprint density at radius 1 is 0.415 bits per heavy atom. The van der Waals surface area contributed by atoms with E-state index in [2.05, 4.69) is 176 Å². The summed E-state index contributed by atoms with van der Waals surface area (Å²) in [6, 6.07) is 64.3. The number of hydrogen-bond donors (Lipinski definition) is 0. The van der Waals surface area contributed by atoms with Crippen molar-refractivity contribution < 1.29 is 0 Å². The molecule has 0 aliphatic rings. The van der Waals surface area contributed by atoms with Crippen LogP contribution in [0.1, 0.15) is 0 Å². The Balaban J connectivity index is 1.19. The van der Waals surface area contributed by atoms with Crippen molar-refractivity contribution >= 4 is 49.8 Å². The van der Waals surface area contributed by atoms with Gasteiger partial charge in [-0.3, -0.25) is 9.97 Å². The lowest BCUT2D eigenvalue weighted by Crippen LogP contribution is -2.10. The predicted octanol–water partition coefficient (Wildman–Crippen LogP) is 12.3. The first kappa shape index (κ1) is 30.6. The molecule has 0 radical (unpaired) electrons. The Labute approximate surface area is 307 Å². The molecular formula is C48H33N5. The molecule has 5 heteroatoms. The van der Waals surface area contributed by atoms with E-state index in [0.29, 0.717) is 0 Å². The van der Waals surface area contributed by atoms with Crippen LogP contribution in [0.2, 0.25) is 0 Å². The first-order valence-electron chi connectivity index (χ1n) is 17.8. The zero-order valence-corrected chi connectivity index (χ0v) is 28.8. The minimum absolute atomic E-state index is 0.951. The van der Waals surface area contributed by atoms with Gasteiger partial charge in [-0.05, 0) is 97.1 Å². The van der Waals surface area contributed by atoms with Gasteiger partial charge in [-0.1, -0.05) is 84.9 Å². The van der Waals surface area contributed by atoms with Gasteiger partial charge in [0.15, 0.2) is 0 Å². The van der Waals surface area contributed by atoms with Crippen LogP contribution >= 0.6 is 0 Å². The monoisotopic (exact) mass is 679 g/mol. The van der Waals surface area contributed by atoms with Gasteiger partial charge in [0.05, 0.1) is 27.9 Å². The Kier molecular flexibility index (Phi) is 7.40. The average Bonchev–Trinajstić information content (AvgIpc) is 3.82. The third-order valence-corrected chi connectivity index (χ3v) is 10.0. The zero-order valence-electron chi connectivity index (χ0n) is 28.8. The highest BCUT2D eigenvalue weighted by Crippen LogP contribution is 2.42. The first-order valence-corrected chi connectivity index (χ1v) is 17.8. The molecule has 0 atom stereocenters. The van der Waals surface area contributed by atoms with Crippen molar-refractivity contribution in [1.82, 2.24) is 19.1 Å². The van der Waals surface area contributed by atoms with Gasteiger partial charge in [-0.2, -0.15) is 0 Å². The van der Waals surface area contributed by atoms with E-state index in [-0.39, 0.29) is 0 Å². The summed E-state index contributed by atoms with van der Waals surface area (Å²) in [4.78, 5) is 11.5. The minimum Gasteiger partial charge on any atom is -0.315 e. The molecule has 5 nitrogen and oxygen atoms in total. The van der Waals surface area contributed by atoms with E-state index in [1.807, 2.05) is 48.8 Å². The van der Waals surface area contributed by atoms with E-state index in [1.54, 1.807) is 0 Å². The minimum atomic E-state index is 0.951. The number of pyridine rings is 2. The Bertz CT molecular complexity index is 2760. The van der Waals surface area contributed by atoms with E-state index < -0.39 is 0 Å². The fraction of sp³-hybridized carbons (Fsp3) is 0. The highest BCUT2D eigenvalue weighted by molar-refractivity contribution is 6.19. The molecule has 0 spiro atoms. The molecule has 10 aromatic rings. The Hall–Kier alpha value is -7.24. The van der Waals surface area contributed by atoms with Crippen molar-refractivity contribution in [2.24, 2.45) is 0 Å². The highest BCUT2D eigenvalue weighted by Gasteiger charge is 2.21. The van der Waals surface area contributed by atoms with Crippen LogP contribution in [-0.2, 0) is 0 Å². The fourth-order valence-electron chi connectivity index (χ4n) is 7.58. The Morgan fingerprint density at radius 2 is 0.981 bits per heavy atom. The molecule has 53 heavy (non-hydrogen) atoms. The van der Waals surface area contributed by atoms with Gasteiger partial charge >= 0.3 is 0 Å². The van der Waals surface area contributed by atoms with Gasteiger partial charge < -0.3 is 14.0 Å². The molecule has 0 bridgehead atoms. The van der Waals surface area contributed by atoms with Gasteiger partial charge in [-0.25, -0.2) is 0 Å². The standard InChI is InChI=1S/C48H33N5/c1-3-11-37(12-4-1)51-32-29-36-21-27-42-43-33-41(26-28-46(43)53(48(42)47(36)51)38-13-5-2-6-14-38)52(39-22-17-34(18-23-39)44-15-7-9-30-49-44)40-24-19-35(20-25-40)45-16-8-10-31-50-45/h1-33H. The number of hydrogen-bond acceptors (Lipinski definition) is 3. The smallest absolute Gasteiger partial charge is 0.0788 e. The number of rotatable bonds is 7. The maximum absolute atomic E-state index is 4.59. The molecular weight excluding hydrogens is 647 g/mol. The van der Waals surface area contributed by atoms with E-state index >= 15 is 0 Å². The topological polar surface area (TPSA) is 38.9 Å². The van der Waals surface area contributed by atoms with Crippen molar-refractivity contribution in [3.63, 3.8) is 0 Å². The van der Waals surface area contributed by atoms with Gasteiger partial charge in [0, 0.05) is 74.3 Å². The molecule has 0 unspecified atom stereocenters. The second-order valence-electron chi connectivity index (χ2n) is 13.2. The third kappa shape index (κ3) is 5.34. The van der Waals surface area contributed by atoms with Crippen molar-refractivity contribution in [3.8, 4) is 33.9 Å². The summed E-state index contributed by atoms with van der Waals surface area (Å²) in [6.45, 7) is 0. The molecule has 0 aliphatic carbocycles. The summed E-state index contributed by atoms with van der Waals surface area (Å²) < 4.78 is 4.74. The summed E-state index contributed by atoms with van der Waals surface area (Å²) in [5, 5.41) is 3.58. The summed E-state index contributed by atoms with van der Waals surface area (Å²) in [7, 11) is 0. The molecule has 4 aromatic heterocycles. The average molecular weight is 680 g/mol. The number of benzene rings is 6. The SMILES string of the molecule is c1ccc(-n2ccc3ccc4c5cc(N(c6ccc(-c7ccccn7)cc6)c6ccc(-c7ccccn7)cc6)ccc5n(-c5ccccc5)c4c32)cc1. The van der Waals surface area contributed by atoms with E-state index in [9.17, 15) is 0 Å². The molecule has 0 N–H and O–H groups in total. The molecule has 0 amide bonds. The van der Waals surface area contributed by atoms with Crippen molar-refractivity contribution in [3.05, 3.63) is 201 Å². The van der Waals surface area contributed by atoms with Crippen LogP contribution in [0.25, 0.3) is 66.6 Å². The number of anilines is 3. The van der Waals surface area contributed by atoms with Gasteiger partial charge in [0.2, 0.25) is 0 Å². The van der Waals surface area contributed by atoms with E-state index in [4.69, 9.17) is 0 Å². The number of fused-ring (bicyclic) bond motifs is 5. The summed E-state index contributed by atoms with van der Waals surface area (Å²) in [5.41, 5.74) is 13.0. The van der Waals surface area contributed by atoms with Gasteiger partial charge in [0.25, 0.3) is 0 Å². The predicted molar refractivity (Wildman–Crippen MR) is 219 cm³/mol. The lowest BCUT2D eigenvalue weighted by molar-refractivity contribution is 1.12. The maximum atomic E-state index is 4.59. The highest BCUT2D eigenvalue weighted by atomic mass is 15.1. The second kappa shape index (κ2) is 12.8. The molecule has 0 saturated heterocycles. The molecule has 10 rings (SSSR count). The quantitative estimate of drug-likeness (QED) is 0.168. The molecule has 6 aromatic carbocycles. The molecule has 4 heterocycles. The molecule has 250 valence electrons. The summed E-state index contributed by atoms with van der Waals surface area (Å²) in [6.07, 6.45) is 5.86. The van der Waals surface area contributed by atoms with Crippen LogP contribution in [0.15, 0.2) is 201 Å². The lowest BCUT2D eigenvalue weighted by Gasteiger charge is -2.26. The molecule has 0 saturated carbocycles. The number of nitrogens with zero attached hydrogens (tertiary/aromatic N) is 5. The maximum Gasteiger partial charge on any atom is 0.0788 e. The van der Waals surface area contributed by atoms with Crippen LogP contribution in [-0.4, -0.2) is 19.1 Å². The van der Waals surface area contributed by atoms with Crippen LogP contribution in [0, 0.1) is 0 Å². The first-order chi connectivity index (χ1) is 26.3. The fourth-order valence-corrected chi connectivity index (χ4v) is 7.58. The van der Waals surface area contributed by atoms with Crippen molar-refractivity contribution in [2.45, 2.75) is 0 Å². The van der Waals surface area contributed by atoms with Gasteiger partial charge in [0.1, 0.15) is 0 Å². The van der Waals surface area contributed by atoms with Crippen molar-refractivity contribution in [1.29, 1.82) is 0 Å². The summed E-state index contributed by atoms with van der Waals surface area (Å²) in [5.74, 6) is 0. The normalized spacial score (nSPS) is 11.4.